The number of para-hydroxylation sites is 2. The lowest BCUT2D eigenvalue weighted by molar-refractivity contribution is 0.0873. The van der Waals surface area contributed by atoms with Crippen molar-refractivity contribution in [2.24, 2.45) is 0 Å². The van der Waals surface area contributed by atoms with Gasteiger partial charge in [0.25, 0.3) is 5.91 Å². The van der Waals surface area contributed by atoms with Gasteiger partial charge in [0.15, 0.2) is 11.4 Å². The van der Waals surface area contributed by atoms with Crippen molar-refractivity contribution in [1.29, 1.82) is 0 Å². The monoisotopic (exact) mass is 321 g/mol. The van der Waals surface area contributed by atoms with E-state index < -0.39 is 11.7 Å². The standard InChI is InChI=1S/C16H11N5O3/c22-14(9-20-12-6-1-2-7-13(12)24-16(20)23)21-10-18-15(19-21)11-5-3-4-8-17-11/h1-8,10H,9H2. The van der Waals surface area contributed by atoms with E-state index in [1.807, 2.05) is 6.07 Å². The fraction of sp³-hybridized carbons (Fsp3) is 0.0625. The zero-order valence-electron chi connectivity index (χ0n) is 12.4. The molecule has 0 unspecified atom stereocenters. The topological polar surface area (TPSA) is 95.8 Å². The Labute approximate surface area is 135 Å². The van der Waals surface area contributed by atoms with E-state index in [9.17, 15) is 9.59 Å². The number of carbonyl (C=O) groups is 1. The smallest absolute Gasteiger partial charge is 0.408 e. The van der Waals surface area contributed by atoms with Crippen LogP contribution in [0.2, 0.25) is 0 Å². The highest BCUT2D eigenvalue weighted by Gasteiger charge is 2.15. The lowest BCUT2D eigenvalue weighted by Crippen LogP contribution is -2.24. The van der Waals surface area contributed by atoms with Crippen LogP contribution in [-0.2, 0) is 6.54 Å². The number of aromatic nitrogens is 5. The van der Waals surface area contributed by atoms with Crippen LogP contribution in [0.1, 0.15) is 4.79 Å². The second kappa shape index (κ2) is 5.58. The van der Waals surface area contributed by atoms with Gasteiger partial charge in [-0.05, 0) is 24.3 Å². The van der Waals surface area contributed by atoms with Crippen LogP contribution in [0.25, 0.3) is 22.6 Å². The Morgan fingerprint density at radius 3 is 2.75 bits per heavy atom. The van der Waals surface area contributed by atoms with Crippen LogP contribution in [0.5, 0.6) is 0 Å². The molecule has 0 aliphatic heterocycles. The summed E-state index contributed by atoms with van der Waals surface area (Å²) in [6, 6.07) is 12.3. The van der Waals surface area contributed by atoms with Crippen molar-refractivity contribution in [3.63, 3.8) is 0 Å². The maximum absolute atomic E-state index is 12.4. The number of carbonyl (C=O) groups excluding carboxylic acids is 1. The Morgan fingerprint density at radius 1 is 1.08 bits per heavy atom. The molecule has 0 radical (unpaired) electrons. The molecule has 8 nitrogen and oxygen atoms in total. The first kappa shape index (κ1) is 14.1. The summed E-state index contributed by atoms with van der Waals surface area (Å²) in [7, 11) is 0. The molecule has 0 saturated carbocycles. The zero-order valence-corrected chi connectivity index (χ0v) is 12.4. The van der Waals surface area contributed by atoms with E-state index in [0.29, 0.717) is 22.6 Å². The van der Waals surface area contributed by atoms with Gasteiger partial charge in [0.1, 0.15) is 18.6 Å². The number of nitrogens with zero attached hydrogens (tertiary/aromatic N) is 5. The minimum Gasteiger partial charge on any atom is -0.408 e. The van der Waals surface area contributed by atoms with E-state index in [1.165, 1.54) is 10.9 Å². The van der Waals surface area contributed by atoms with Gasteiger partial charge in [0, 0.05) is 6.20 Å². The van der Waals surface area contributed by atoms with Crippen molar-refractivity contribution in [3.05, 3.63) is 65.5 Å². The van der Waals surface area contributed by atoms with Crippen molar-refractivity contribution in [2.45, 2.75) is 6.54 Å². The van der Waals surface area contributed by atoms with Crippen molar-refractivity contribution in [2.75, 3.05) is 0 Å². The summed E-state index contributed by atoms with van der Waals surface area (Å²) in [6.07, 6.45) is 2.93. The summed E-state index contributed by atoms with van der Waals surface area (Å²) >= 11 is 0. The van der Waals surface area contributed by atoms with Crippen LogP contribution in [0.3, 0.4) is 0 Å². The molecule has 118 valence electrons. The van der Waals surface area contributed by atoms with E-state index in [2.05, 4.69) is 15.1 Å². The summed E-state index contributed by atoms with van der Waals surface area (Å²) in [4.78, 5) is 32.5. The number of hydrogen-bond donors (Lipinski definition) is 0. The van der Waals surface area contributed by atoms with Gasteiger partial charge in [-0.25, -0.2) is 9.78 Å². The van der Waals surface area contributed by atoms with Crippen LogP contribution in [-0.4, -0.2) is 30.2 Å². The molecule has 0 atom stereocenters. The molecular formula is C16H11N5O3. The Hall–Kier alpha value is -3.55. The van der Waals surface area contributed by atoms with Crippen LogP contribution in [0.4, 0.5) is 0 Å². The van der Waals surface area contributed by atoms with Gasteiger partial charge in [0.05, 0.1) is 5.52 Å². The third-order valence-corrected chi connectivity index (χ3v) is 3.51. The van der Waals surface area contributed by atoms with Gasteiger partial charge < -0.3 is 4.42 Å². The van der Waals surface area contributed by atoms with E-state index in [4.69, 9.17) is 4.42 Å². The van der Waals surface area contributed by atoms with E-state index >= 15 is 0 Å². The normalized spacial score (nSPS) is 11.0. The number of pyridine rings is 1. The first-order valence-corrected chi connectivity index (χ1v) is 7.17. The fourth-order valence-corrected chi connectivity index (χ4v) is 2.37. The van der Waals surface area contributed by atoms with Crippen LogP contribution in [0, 0.1) is 0 Å². The third-order valence-electron chi connectivity index (χ3n) is 3.51. The SMILES string of the molecule is O=C(Cn1c(=O)oc2ccccc21)n1cnc(-c2ccccn2)n1. The molecule has 0 aliphatic rings. The lowest BCUT2D eigenvalue weighted by atomic mass is 10.3. The average Bonchev–Trinajstić information content (AvgIpc) is 3.21. The highest BCUT2D eigenvalue weighted by Crippen LogP contribution is 2.12. The van der Waals surface area contributed by atoms with Crippen LogP contribution < -0.4 is 5.76 Å². The van der Waals surface area contributed by atoms with Gasteiger partial charge in [0.2, 0.25) is 0 Å². The number of oxazole rings is 1. The molecule has 3 aromatic heterocycles. The molecule has 0 amide bonds. The highest BCUT2D eigenvalue weighted by molar-refractivity contribution is 5.80. The number of benzene rings is 1. The number of hydrogen-bond acceptors (Lipinski definition) is 6. The molecule has 4 rings (SSSR count). The lowest BCUT2D eigenvalue weighted by Gasteiger charge is -2.01. The molecule has 8 heteroatoms. The first-order chi connectivity index (χ1) is 11.7. The molecule has 0 bridgehead atoms. The zero-order chi connectivity index (χ0) is 16.5. The van der Waals surface area contributed by atoms with Crippen molar-refractivity contribution < 1.29 is 9.21 Å². The molecule has 0 fully saturated rings. The van der Waals surface area contributed by atoms with Gasteiger partial charge in [-0.3, -0.25) is 14.3 Å². The second-order valence-electron chi connectivity index (χ2n) is 5.04. The van der Waals surface area contributed by atoms with Gasteiger partial charge >= 0.3 is 5.76 Å². The molecule has 1 aromatic carbocycles. The Balaban J connectivity index is 1.64. The number of fused-ring (bicyclic) bond motifs is 1. The predicted molar refractivity (Wildman–Crippen MR) is 84.4 cm³/mol. The van der Waals surface area contributed by atoms with Crippen LogP contribution in [0.15, 0.2) is 64.2 Å². The molecule has 0 N–H and O–H groups in total. The molecule has 0 spiro atoms. The third kappa shape index (κ3) is 2.39. The molecule has 0 saturated heterocycles. The van der Waals surface area contributed by atoms with Crippen LogP contribution >= 0.6 is 0 Å². The van der Waals surface area contributed by atoms with Crippen molar-refractivity contribution in [1.82, 2.24) is 24.3 Å². The summed E-state index contributed by atoms with van der Waals surface area (Å²) in [5.41, 5.74) is 1.55. The molecule has 4 aromatic rings. The highest BCUT2D eigenvalue weighted by atomic mass is 16.4. The largest absolute Gasteiger partial charge is 0.420 e. The minimum absolute atomic E-state index is 0.194. The average molecular weight is 321 g/mol. The Kier molecular flexibility index (Phi) is 3.27. The molecule has 0 aliphatic carbocycles. The Morgan fingerprint density at radius 2 is 1.92 bits per heavy atom. The van der Waals surface area contributed by atoms with Crippen molar-refractivity contribution >= 4 is 17.0 Å². The maximum Gasteiger partial charge on any atom is 0.420 e. The quantitative estimate of drug-likeness (QED) is 0.568. The predicted octanol–water partition coefficient (Wildman–Crippen LogP) is 1.59. The van der Waals surface area contributed by atoms with E-state index in [1.54, 1.807) is 42.6 Å². The van der Waals surface area contributed by atoms with Gasteiger partial charge in [-0.2, -0.15) is 4.68 Å². The number of rotatable bonds is 3. The van der Waals surface area contributed by atoms with Crippen molar-refractivity contribution in [3.8, 4) is 11.5 Å². The minimum atomic E-state index is -0.588. The summed E-state index contributed by atoms with van der Waals surface area (Å²) in [6.45, 7) is -0.194. The summed E-state index contributed by atoms with van der Waals surface area (Å²) in [5, 5.41) is 4.12. The molecule has 24 heavy (non-hydrogen) atoms. The Bertz CT molecular complexity index is 1080. The molecule has 3 heterocycles. The summed E-state index contributed by atoms with van der Waals surface area (Å²) < 4.78 is 7.47. The first-order valence-electron chi connectivity index (χ1n) is 7.17. The van der Waals surface area contributed by atoms with Gasteiger partial charge in [-0.1, -0.05) is 18.2 Å². The van der Waals surface area contributed by atoms with Gasteiger partial charge in [-0.15, -0.1) is 5.10 Å². The fourth-order valence-electron chi connectivity index (χ4n) is 2.37. The summed E-state index contributed by atoms with van der Waals surface area (Å²) in [5.74, 6) is -0.652. The second-order valence-corrected chi connectivity index (χ2v) is 5.04. The van der Waals surface area contributed by atoms with E-state index in [0.717, 1.165) is 4.68 Å². The maximum atomic E-state index is 12.4. The van der Waals surface area contributed by atoms with E-state index in [-0.39, 0.29) is 6.54 Å². The molecular weight excluding hydrogens is 310 g/mol.